The SMILES string of the molecule is CCCCCCCOc1ccc(CCC(C)[C@@H](C)OP(=O)(OC(C)(C)C)OC(C)(C)C)cc1. The van der Waals surface area contributed by atoms with Gasteiger partial charge >= 0.3 is 7.82 Å². The number of benzene rings is 1. The third-order valence-electron chi connectivity index (χ3n) is 5.20. The fraction of sp³-hybridized carbons (Fsp3) is 0.778. The first-order valence-corrected chi connectivity index (χ1v) is 14.1. The van der Waals surface area contributed by atoms with Crippen LogP contribution < -0.4 is 4.74 Å². The van der Waals surface area contributed by atoms with Crippen LogP contribution in [0, 0.1) is 5.92 Å². The van der Waals surface area contributed by atoms with Crippen LogP contribution in [0.2, 0.25) is 0 Å². The standard InChI is InChI=1S/C27H49O5P/c1-10-11-12-13-14-21-29-25-19-17-24(18-20-25)16-15-22(2)23(3)30-33(28,31-26(4,5)6)32-27(7,8)9/h17-20,22-23H,10-16,21H2,1-9H3/t22?,23-/m1/s1. The number of ether oxygens (including phenoxy) is 1. The maximum Gasteiger partial charge on any atom is 0.476 e. The predicted octanol–water partition coefficient (Wildman–Crippen LogP) is 8.75. The number of phosphoric acid groups is 1. The maximum atomic E-state index is 13.4. The van der Waals surface area contributed by atoms with Gasteiger partial charge in [0.2, 0.25) is 0 Å². The molecule has 0 N–H and O–H groups in total. The third kappa shape index (κ3) is 14.2. The Morgan fingerprint density at radius 2 is 1.39 bits per heavy atom. The topological polar surface area (TPSA) is 54.0 Å². The number of hydrogen-bond donors (Lipinski definition) is 0. The van der Waals surface area contributed by atoms with Crippen LogP contribution in [-0.4, -0.2) is 23.9 Å². The average Bonchev–Trinajstić information content (AvgIpc) is 2.66. The van der Waals surface area contributed by atoms with E-state index < -0.39 is 19.0 Å². The molecular formula is C27H49O5P. The summed E-state index contributed by atoms with van der Waals surface area (Å²) < 4.78 is 36.7. The normalized spacial score (nSPS) is 14.8. The maximum absolute atomic E-state index is 13.4. The Bertz CT molecular complexity index is 683. The number of unbranched alkanes of at least 4 members (excludes halogenated alkanes) is 4. The quantitative estimate of drug-likeness (QED) is 0.184. The van der Waals surface area contributed by atoms with Crippen LogP contribution in [0.25, 0.3) is 0 Å². The average molecular weight is 485 g/mol. The number of rotatable bonds is 15. The molecule has 33 heavy (non-hydrogen) atoms. The van der Waals surface area contributed by atoms with Gasteiger partial charge in [0, 0.05) is 0 Å². The highest BCUT2D eigenvalue weighted by Crippen LogP contribution is 2.56. The van der Waals surface area contributed by atoms with Crippen LogP contribution in [-0.2, 0) is 24.6 Å². The molecule has 0 saturated heterocycles. The molecular weight excluding hydrogens is 435 g/mol. The van der Waals surface area contributed by atoms with Crippen molar-refractivity contribution in [3.8, 4) is 5.75 Å². The zero-order chi connectivity index (χ0) is 25.1. The molecule has 0 fully saturated rings. The van der Waals surface area contributed by atoms with Crippen molar-refractivity contribution in [1.29, 1.82) is 0 Å². The van der Waals surface area contributed by atoms with Crippen molar-refractivity contribution in [2.75, 3.05) is 6.61 Å². The second-order valence-electron chi connectivity index (χ2n) is 11.1. The smallest absolute Gasteiger partial charge is 0.476 e. The Morgan fingerprint density at radius 1 is 0.848 bits per heavy atom. The minimum absolute atomic E-state index is 0.185. The van der Waals surface area contributed by atoms with Crippen molar-refractivity contribution >= 4 is 7.82 Å². The number of aryl methyl sites for hydroxylation is 1. The van der Waals surface area contributed by atoms with Gasteiger partial charge in [0.1, 0.15) is 5.75 Å². The molecule has 0 aromatic heterocycles. The highest BCUT2D eigenvalue weighted by Gasteiger charge is 2.39. The minimum atomic E-state index is -3.71. The second kappa shape index (κ2) is 13.9. The largest absolute Gasteiger partial charge is 0.494 e. The Balaban J connectivity index is 2.54. The van der Waals surface area contributed by atoms with E-state index in [1.807, 2.05) is 48.5 Å². The van der Waals surface area contributed by atoms with Crippen LogP contribution in [0.4, 0.5) is 0 Å². The molecule has 0 saturated carbocycles. The van der Waals surface area contributed by atoms with Crippen molar-refractivity contribution in [3.63, 3.8) is 0 Å². The van der Waals surface area contributed by atoms with Crippen LogP contribution in [0.5, 0.6) is 5.75 Å². The molecule has 5 nitrogen and oxygen atoms in total. The fourth-order valence-corrected chi connectivity index (χ4v) is 5.40. The molecule has 0 bridgehead atoms. The van der Waals surface area contributed by atoms with Gasteiger partial charge in [-0.3, -0.25) is 13.6 Å². The second-order valence-corrected chi connectivity index (χ2v) is 12.6. The van der Waals surface area contributed by atoms with E-state index in [0.717, 1.165) is 31.6 Å². The summed E-state index contributed by atoms with van der Waals surface area (Å²) in [6, 6.07) is 8.35. The Labute approximate surface area is 203 Å². The van der Waals surface area contributed by atoms with Crippen molar-refractivity contribution in [3.05, 3.63) is 29.8 Å². The van der Waals surface area contributed by atoms with Crippen LogP contribution in [0.15, 0.2) is 24.3 Å². The Kier molecular flexibility index (Phi) is 12.7. The van der Waals surface area contributed by atoms with Gasteiger partial charge in [-0.1, -0.05) is 51.7 Å². The summed E-state index contributed by atoms with van der Waals surface area (Å²) in [5, 5.41) is 0. The van der Waals surface area contributed by atoms with E-state index in [9.17, 15) is 4.57 Å². The molecule has 0 aliphatic heterocycles. The molecule has 2 atom stereocenters. The summed E-state index contributed by atoms with van der Waals surface area (Å²) in [6.07, 6.45) is 7.76. The summed E-state index contributed by atoms with van der Waals surface area (Å²) >= 11 is 0. The molecule has 0 heterocycles. The third-order valence-corrected chi connectivity index (χ3v) is 7.33. The molecule has 0 amide bonds. The molecule has 0 aliphatic carbocycles. The van der Waals surface area contributed by atoms with E-state index >= 15 is 0 Å². The molecule has 1 rings (SSSR count). The molecule has 0 spiro atoms. The van der Waals surface area contributed by atoms with Gasteiger partial charge in [0.15, 0.2) is 0 Å². The van der Waals surface area contributed by atoms with Crippen molar-refractivity contribution < 1.29 is 22.9 Å². The molecule has 192 valence electrons. The lowest BCUT2D eigenvalue weighted by Crippen LogP contribution is -2.27. The van der Waals surface area contributed by atoms with Gasteiger partial charge < -0.3 is 4.74 Å². The van der Waals surface area contributed by atoms with E-state index in [1.54, 1.807) is 0 Å². The summed E-state index contributed by atoms with van der Waals surface area (Å²) in [5.74, 6) is 1.11. The van der Waals surface area contributed by atoms with E-state index in [-0.39, 0.29) is 12.0 Å². The van der Waals surface area contributed by atoms with Gasteiger partial charge in [-0.05, 0) is 91.3 Å². The molecule has 1 unspecified atom stereocenters. The predicted molar refractivity (Wildman–Crippen MR) is 138 cm³/mol. The van der Waals surface area contributed by atoms with E-state index in [4.69, 9.17) is 18.3 Å². The van der Waals surface area contributed by atoms with E-state index in [0.29, 0.717) is 0 Å². The summed E-state index contributed by atoms with van der Waals surface area (Å²) in [4.78, 5) is 0. The molecule has 1 aromatic carbocycles. The van der Waals surface area contributed by atoms with Crippen molar-refractivity contribution in [2.24, 2.45) is 5.92 Å². The minimum Gasteiger partial charge on any atom is -0.494 e. The fourth-order valence-electron chi connectivity index (χ4n) is 3.32. The Morgan fingerprint density at radius 3 is 1.91 bits per heavy atom. The van der Waals surface area contributed by atoms with Gasteiger partial charge in [-0.15, -0.1) is 0 Å². The monoisotopic (exact) mass is 484 g/mol. The van der Waals surface area contributed by atoms with Gasteiger partial charge in [0.25, 0.3) is 0 Å². The Hall–Kier alpha value is -0.870. The van der Waals surface area contributed by atoms with Crippen LogP contribution in [0.3, 0.4) is 0 Å². The lowest BCUT2D eigenvalue weighted by atomic mass is 9.97. The van der Waals surface area contributed by atoms with Crippen molar-refractivity contribution in [2.45, 2.75) is 125 Å². The van der Waals surface area contributed by atoms with E-state index in [2.05, 4.69) is 38.1 Å². The highest BCUT2D eigenvalue weighted by atomic mass is 31.2. The lowest BCUT2D eigenvalue weighted by Gasteiger charge is -2.33. The first-order chi connectivity index (χ1) is 15.2. The zero-order valence-corrected chi connectivity index (χ0v) is 23.5. The number of hydrogen-bond acceptors (Lipinski definition) is 5. The molecule has 0 radical (unpaired) electrons. The summed E-state index contributed by atoms with van der Waals surface area (Å²) in [6.45, 7) is 18.2. The molecule has 0 aliphatic rings. The van der Waals surface area contributed by atoms with Crippen molar-refractivity contribution in [1.82, 2.24) is 0 Å². The lowest BCUT2D eigenvalue weighted by molar-refractivity contribution is -0.0166. The molecule has 6 heteroatoms. The number of phosphoric ester groups is 1. The van der Waals surface area contributed by atoms with Gasteiger partial charge in [-0.2, -0.15) is 0 Å². The van der Waals surface area contributed by atoms with Gasteiger partial charge in [-0.25, -0.2) is 4.57 Å². The zero-order valence-electron chi connectivity index (χ0n) is 22.6. The highest BCUT2D eigenvalue weighted by molar-refractivity contribution is 7.48. The molecule has 1 aromatic rings. The first-order valence-electron chi connectivity index (χ1n) is 12.6. The first kappa shape index (κ1) is 30.2. The van der Waals surface area contributed by atoms with E-state index in [1.165, 1.54) is 31.2 Å². The van der Waals surface area contributed by atoms with Crippen LogP contribution in [0.1, 0.15) is 106 Å². The van der Waals surface area contributed by atoms with Gasteiger partial charge in [0.05, 0.1) is 23.9 Å². The van der Waals surface area contributed by atoms with Crippen LogP contribution >= 0.6 is 7.82 Å². The summed E-state index contributed by atoms with van der Waals surface area (Å²) in [5.41, 5.74) is -0.0176. The summed E-state index contributed by atoms with van der Waals surface area (Å²) in [7, 11) is -3.71.